The lowest BCUT2D eigenvalue weighted by Crippen LogP contribution is -2.50. The molecular weight excluding hydrogens is 202 g/mol. The van der Waals surface area contributed by atoms with E-state index in [0.29, 0.717) is 0 Å². The number of carbonyl (C=O) groups excluding carboxylic acids is 1. The molecule has 3 nitrogen and oxygen atoms in total. The number of amides is 1. The maximum absolute atomic E-state index is 12.0. The zero-order valence-electron chi connectivity index (χ0n) is 12.0. The van der Waals surface area contributed by atoms with Crippen molar-refractivity contribution in [2.24, 2.45) is 5.92 Å². The average Bonchev–Trinajstić information content (AvgIpc) is 1.94. The maximum Gasteiger partial charge on any atom is 0.249 e. The van der Waals surface area contributed by atoms with Gasteiger partial charge in [0, 0.05) is 5.54 Å². The SMILES string of the molecule is CC(C)C(OC(C)(C)C)C(=O)NC(C)(C)C. The topological polar surface area (TPSA) is 38.3 Å². The van der Waals surface area contributed by atoms with Crippen LogP contribution in [0.25, 0.3) is 0 Å². The lowest BCUT2D eigenvalue weighted by Gasteiger charge is -2.31. The first-order valence-electron chi connectivity index (χ1n) is 5.92. The van der Waals surface area contributed by atoms with E-state index in [0.717, 1.165) is 0 Å². The monoisotopic (exact) mass is 229 g/mol. The molecule has 0 saturated carbocycles. The fraction of sp³-hybridized carbons (Fsp3) is 0.923. The van der Waals surface area contributed by atoms with E-state index in [-0.39, 0.29) is 29.1 Å². The molecule has 0 rings (SSSR count). The zero-order chi connectivity index (χ0) is 13.1. The Morgan fingerprint density at radius 1 is 1.06 bits per heavy atom. The summed E-state index contributed by atoms with van der Waals surface area (Å²) in [5.41, 5.74) is -0.518. The quantitative estimate of drug-likeness (QED) is 0.808. The fourth-order valence-corrected chi connectivity index (χ4v) is 1.31. The second-order valence-corrected chi connectivity index (χ2v) is 6.63. The summed E-state index contributed by atoms with van der Waals surface area (Å²) in [4.78, 5) is 12.0. The Bertz CT molecular complexity index is 233. The molecule has 0 bridgehead atoms. The van der Waals surface area contributed by atoms with E-state index in [1.807, 2.05) is 55.4 Å². The van der Waals surface area contributed by atoms with Gasteiger partial charge in [0.1, 0.15) is 6.10 Å². The Morgan fingerprint density at radius 3 is 1.75 bits per heavy atom. The number of hydrogen-bond acceptors (Lipinski definition) is 2. The van der Waals surface area contributed by atoms with E-state index in [1.165, 1.54) is 0 Å². The number of ether oxygens (including phenoxy) is 1. The molecule has 0 fully saturated rings. The molecule has 0 aromatic carbocycles. The molecule has 1 atom stereocenters. The highest BCUT2D eigenvalue weighted by Gasteiger charge is 2.30. The van der Waals surface area contributed by atoms with Crippen LogP contribution in [-0.4, -0.2) is 23.2 Å². The van der Waals surface area contributed by atoms with Crippen molar-refractivity contribution in [1.82, 2.24) is 5.32 Å². The van der Waals surface area contributed by atoms with Gasteiger partial charge in [0.15, 0.2) is 0 Å². The van der Waals surface area contributed by atoms with Gasteiger partial charge in [-0.2, -0.15) is 0 Å². The van der Waals surface area contributed by atoms with Crippen molar-refractivity contribution in [1.29, 1.82) is 0 Å². The molecule has 0 heterocycles. The highest BCUT2D eigenvalue weighted by molar-refractivity contribution is 5.81. The molecule has 0 saturated heterocycles. The van der Waals surface area contributed by atoms with Crippen molar-refractivity contribution < 1.29 is 9.53 Å². The second kappa shape index (κ2) is 5.17. The van der Waals surface area contributed by atoms with Gasteiger partial charge in [-0.1, -0.05) is 13.8 Å². The Balaban J connectivity index is 4.62. The van der Waals surface area contributed by atoms with Crippen LogP contribution >= 0.6 is 0 Å². The predicted molar refractivity (Wildman–Crippen MR) is 67.4 cm³/mol. The molecule has 0 aromatic heterocycles. The van der Waals surface area contributed by atoms with Gasteiger partial charge in [-0.3, -0.25) is 4.79 Å². The molecule has 0 aliphatic rings. The van der Waals surface area contributed by atoms with Gasteiger partial charge in [0.25, 0.3) is 0 Å². The molecule has 1 amide bonds. The van der Waals surface area contributed by atoms with Crippen molar-refractivity contribution in [2.45, 2.75) is 72.6 Å². The minimum Gasteiger partial charge on any atom is -0.363 e. The summed E-state index contributed by atoms with van der Waals surface area (Å²) >= 11 is 0. The largest absolute Gasteiger partial charge is 0.363 e. The summed E-state index contributed by atoms with van der Waals surface area (Å²) in [5.74, 6) is 0.138. The van der Waals surface area contributed by atoms with Crippen molar-refractivity contribution >= 4 is 5.91 Å². The van der Waals surface area contributed by atoms with Crippen LogP contribution < -0.4 is 5.32 Å². The van der Waals surface area contributed by atoms with E-state index in [1.54, 1.807) is 0 Å². The van der Waals surface area contributed by atoms with Crippen LogP contribution in [-0.2, 0) is 9.53 Å². The third-order valence-electron chi connectivity index (χ3n) is 1.84. The summed E-state index contributed by atoms with van der Waals surface area (Å²) in [6.45, 7) is 15.8. The minimum absolute atomic E-state index is 0.0302. The summed E-state index contributed by atoms with van der Waals surface area (Å²) in [6, 6.07) is 0. The standard InChI is InChI=1S/C13H27NO2/c1-9(2)10(16-13(6,7)8)11(15)14-12(3,4)5/h9-10H,1-8H3,(H,14,15). The Morgan fingerprint density at radius 2 is 1.50 bits per heavy atom. The van der Waals surface area contributed by atoms with Gasteiger partial charge in [0.2, 0.25) is 5.91 Å². The zero-order valence-corrected chi connectivity index (χ0v) is 12.0. The first kappa shape index (κ1) is 15.4. The predicted octanol–water partition coefficient (Wildman–Crippen LogP) is 2.74. The average molecular weight is 229 g/mol. The van der Waals surface area contributed by atoms with Crippen LogP contribution in [0.5, 0.6) is 0 Å². The molecule has 0 aliphatic carbocycles. The Labute approximate surface area is 99.9 Å². The molecule has 0 radical (unpaired) electrons. The highest BCUT2D eigenvalue weighted by Crippen LogP contribution is 2.17. The molecule has 96 valence electrons. The molecule has 1 unspecified atom stereocenters. The molecule has 1 N–H and O–H groups in total. The summed E-state index contributed by atoms with van der Waals surface area (Å²) < 4.78 is 5.79. The van der Waals surface area contributed by atoms with Gasteiger partial charge < -0.3 is 10.1 Å². The van der Waals surface area contributed by atoms with Crippen LogP contribution in [0.15, 0.2) is 0 Å². The van der Waals surface area contributed by atoms with Crippen LogP contribution in [0.3, 0.4) is 0 Å². The van der Waals surface area contributed by atoms with E-state index in [4.69, 9.17) is 4.74 Å². The lowest BCUT2D eigenvalue weighted by atomic mass is 10.0. The van der Waals surface area contributed by atoms with Crippen molar-refractivity contribution in [3.63, 3.8) is 0 Å². The van der Waals surface area contributed by atoms with E-state index in [9.17, 15) is 4.79 Å². The van der Waals surface area contributed by atoms with Crippen molar-refractivity contribution in [3.8, 4) is 0 Å². The first-order valence-corrected chi connectivity index (χ1v) is 5.92. The molecule has 3 heteroatoms. The molecular formula is C13H27NO2. The third kappa shape index (κ3) is 6.83. The van der Waals surface area contributed by atoms with E-state index < -0.39 is 0 Å². The second-order valence-electron chi connectivity index (χ2n) is 6.63. The number of rotatable bonds is 3. The van der Waals surface area contributed by atoms with Gasteiger partial charge >= 0.3 is 0 Å². The summed E-state index contributed by atoms with van der Waals surface area (Å²) in [5, 5.41) is 2.96. The summed E-state index contributed by atoms with van der Waals surface area (Å²) in [7, 11) is 0. The van der Waals surface area contributed by atoms with E-state index in [2.05, 4.69) is 5.32 Å². The minimum atomic E-state index is -0.390. The van der Waals surface area contributed by atoms with Gasteiger partial charge in [-0.15, -0.1) is 0 Å². The maximum atomic E-state index is 12.0. The molecule has 0 spiro atoms. The van der Waals surface area contributed by atoms with Crippen LogP contribution in [0.2, 0.25) is 0 Å². The van der Waals surface area contributed by atoms with Crippen molar-refractivity contribution in [2.75, 3.05) is 0 Å². The molecule has 16 heavy (non-hydrogen) atoms. The van der Waals surface area contributed by atoms with Gasteiger partial charge in [0.05, 0.1) is 5.60 Å². The van der Waals surface area contributed by atoms with Crippen LogP contribution in [0, 0.1) is 5.92 Å². The van der Waals surface area contributed by atoms with Gasteiger partial charge in [-0.25, -0.2) is 0 Å². The number of hydrogen-bond donors (Lipinski definition) is 1. The van der Waals surface area contributed by atoms with Crippen molar-refractivity contribution in [3.05, 3.63) is 0 Å². The highest BCUT2D eigenvalue weighted by atomic mass is 16.5. The van der Waals surface area contributed by atoms with Crippen LogP contribution in [0.1, 0.15) is 55.4 Å². The molecule has 0 aliphatic heterocycles. The first-order chi connectivity index (χ1) is 6.92. The summed E-state index contributed by atoms with van der Waals surface area (Å²) in [6.07, 6.45) is -0.390. The Hall–Kier alpha value is -0.570. The number of nitrogens with one attached hydrogen (secondary N) is 1. The molecule has 0 aromatic rings. The number of carbonyl (C=O) groups is 1. The van der Waals surface area contributed by atoms with E-state index >= 15 is 0 Å². The third-order valence-corrected chi connectivity index (χ3v) is 1.84. The lowest BCUT2D eigenvalue weighted by molar-refractivity contribution is -0.148. The van der Waals surface area contributed by atoms with Gasteiger partial charge in [-0.05, 0) is 47.5 Å². The fourth-order valence-electron chi connectivity index (χ4n) is 1.31. The smallest absolute Gasteiger partial charge is 0.249 e. The normalized spacial score (nSPS) is 15.1. The Kier molecular flexibility index (Phi) is 4.99. The van der Waals surface area contributed by atoms with Crippen LogP contribution in [0.4, 0.5) is 0 Å².